The van der Waals surface area contributed by atoms with Crippen LogP contribution in [0.4, 0.5) is 5.69 Å². The van der Waals surface area contributed by atoms with Gasteiger partial charge in [0, 0.05) is 18.0 Å². The first kappa shape index (κ1) is 26.5. The van der Waals surface area contributed by atoms with Gasteiger partial charge in [-0.05, 0) is 39.3 Å². The predicted molar refractivity (Wildman–Crippen MR) is 125 cm³/mol. The van der Waals surface area contributed by atoms with Gasteiger partial charge < -0.3 is 19.5 Å². The average Bonchev–Trinajstić information content (AvgIpc) is 2.74. The Bertz CT molecular complexity index is 699. The zero-order valence-electron chi connectivity index (χ0n) is 19.6. The van der Waals surface area contributed by atoms with Crippen molar-refractivity contribution in [1.82, 2.24) is 0 Å². The van der Waals surface area contributed by atoms with Crippen LogP contribution in [0, 0.1) is 0 Å². The minimum atomic E-state index is -0.641. The van der Waals surface area contributed by atoms with Gasteiger partial charge in [-0.15, -0.1) is 0 Å². The Labute approximate surface area is 187 Å². The second-order valence-corrected chi connectivity index (χ2v) is 7.40. The van der Waals surface area contributed by atoms with Crippen LogP contribution < -0.4 is 14.8 Å². The maximum Gasteiger partial charge on any atom is 0.343 e. The molecule has 0 heterocycles. The van der Waals surface area contributed by atoms with E-state index < -0.39 is 5.97 Å². The van der Waals surface area contributed by atoms with Crippen molar-refractivity contribution in [3.05, 3.63) is 30.0 Å². The van der Waals surface area contributed by atoms with E-state index in [4.69, 9.17) is 14.2 Å². The van der Waals surface area contributed by atoms with Crippen LogP contribution in [0.2, 0.25) is 0 Å². The smallest absolute Gasteiger partial charge is 0.343 e. The van der Waals surface area contributed by atoms with E-state index in [2.05, 4.69) is 12.2 Å². The maximum absolute atomic E-state index is 11.9. The Morgan fingerprint density at radius 2 is 1.55 bits per heavy atom. The fraction of sp³-hybridized carbons (Fsp3) is 0.600. The summed E-state index contributed by atoms with van der Waals surface area (Å²) in [4.78, 5) is 23.6. The molecule has 0 radical (unpaired) electrons. The first-order valence-corrected chi connectivity index (χ1v) is 11.6. The van der Waals surface area contributed by atoms with E-state index in [0.29, 0.717) is 30.4 Å². The third kappa shape index (κ3) is 10.9. The molecule has 1 N–H and O–H groups in total. The molecule has 6 nitrogen and oxygen atoms in total. The number of anilines is 1. The van der Waals surface area contributed by atoms with Crippen molar-refractivity contribution >= 4 is 17.4 Å². The maximum atomic E-state index is 11.9. The van der Waals surface area contributed by atoms with E-state index in [-0.39, 0.29) is 18.0 Å². The van der Waals surface area contributed by atoms with E-state index in [1.807, 2.05) is 19.1 Å². The lowest BCUT2D eigenvalue weighted by atomic mass is 10.1. The van der Waals surface area contributed by atoms with Gasteiger partial charge in [0.05, 0.1) is 19.8 Å². The highest BCUT2D eigenvalue weighted by Crippen LogP contribution is 2.31. The second kappa shape index (κ2) is 16.2. The summed E-state index contributed by atoms with van der Waals surface area (Å²) in [6.07, 6.45) is 11.4. The number of rotatable bonds is 17. The van der Waals surface area contributed by atoms with Gasteiger partial charge >= 0.3 is 5.97 Å². The van der Waals surface area contributed by atoms with Crippen molar-refractivity contribution in [3.63, 3.8) is 0 Å². The molecule has 0 bridgehead atoms. The molecule has 0 atom stereocenters. The highest BCUT2D eigenvalue weighted by Gasteiger charge is 2.15. The van der Waals surface area contributed by atoms with Crippen LogP contribution in [0.5, 0.6) is 11.5 Å². The number of carbonyl (C=O) groups is 2. The molecule has 0 aromatic heterocycles. The van der Waals surface area contributed by atoms with Gasteiger partial charge in [-0.3, -0.25) is 4.79 Å². The van der Waals surface area contributed by atoms with Gasteiger partial charge in [0.2, 0.25) is 0 Å². The van der Waals surface area contributed by atoms with Crippen molar-refractivity contribution in [2.24, 2.45) is 0 Å². The van der Waals surface area contributed by atoms with Crippen molar-refractivity contribution < 1.29 is 23.8 Å². The molecule has 31 heavy (non-hydrogen) atoms. The van der Waals surface area contributed by atoms with Crippen LogP contribution in [-0.4, -0.2) is 31.6 Å². The van der Waals surface area contributed by atoms with Crippen molar-refractivity contribution in [1.29, 1.82) is 0 Å². The molecule has 0 aliphatic rings. The van der Waals surface area contributed by atoms with Crippen LogP contribution in [0.25, 0.3) is 0 Å². The lowest BCUT2D eigenvalue weighted by Gasteiger charge is -2.14. The summed E-state index contributed by atoms with van der Waals surface area (Å²) < 4.78 is 16.6. The van der Waals surface area contributed by atoms with Crippen molar-refractivity contribution in [2.45, 2.75) is 79.1 Å². The molecule has 0 fully saturated rings. The zero-order chi connectivity index (χ0) is 22.9. The Balaban J connectivity index is 2.60. The number of esters is 1. The van der Waals surface area contributed by atoms with Gasteiger partial charge in [-0.25, -0.2) is 4.79 Å². The quantitative estimate of drug-likeness (QED) is 0.106. The summed E-state index contributed by atoms with van der Waals surface area (Å²) in [6, 6.07) is 5.46. The van der Waals surface area contributed by atoms with Crippen LogP contribution >= 0.6 is 0 Å². The first-order valence-electron chi connectivity index (χ1n) is 11.6. The third-order valence-electron chi connectivity index (χ3n) is 4.76. The molecular formula is C25H39NO5. The summed E-state index contributed by atoms with van der Waals surface area (Å²) in [5.41, 5.74) is 0.653. The molecular weight excluding hydrogens is 394 g/mol. The number of Topliss-reactive ketones (excluding diaryl/α,β-unsaturated/α-hetero) is 1. The lowest BCUT2D eigenvalue weighted by molar-refractivity contribution is -0.139. The van der Waals surface area contributed by atoms with Gasteiger partial charge in [-0.1, -0.05) is 51.9 Å². The molecule has 0 unspecified atom stereocenters. The zero-order valence-corrected chi connectivity index (χ0v) is 19.6. The lowest BCUT2D eigenvalue weighted by Crippen LogP contribution is -2.15. The number of ether oxygens (including phenoxy) is 3. The predicted octanol–water partition coefficient (Wildman–Crippen LogP) is 6.05. The molecule has 1 aromatic carbocycles. The number of nitrogens with one attached hydrogen (secondary N) is 1. The van der Waals surface area contributed by atoms with Crippen molar-refractivity contribution in [3.8, 4) is 11.5 Å². The van der Waals surface area contributed by atoms with Crippen LogP contribution in [0.3, 0.4) is 0 Å². The third-order valence-corrected chi connectivity index (χ3v) is 4.76. The summed E-state index contributed by atoms with van der Waals surface area (Å²) in [7, 11) is 0. The Morgan fingerprint density at radius 3 is 2.16 bits per heavy atom. The number of hydrogen-bond acceptors (Lipinski definition) is 6. The largest absolute Gasteiger partial charge is 0.490 e. The SMILES string of the molecule is CCCCCCCCCCOc1ccc(NC=C(C(C)=O)C(=O)OCC)cc1OCC. The van der Waals surface area contributed by atoms with Crippen LogP contribution in [0.1, 0.15) is 79.1 Å². The normalized spacial score (nSPS) is 11.2. The van der Waals surface area contributed by atoms with Gasteiger partial charge in [0.15, 0.2) is 17.3 Å². The minimum Gasteiger partial charge on any atom is -0.490 e. The van der Waals surface area contributed by atoms with E-state index in [0.717, 1.165) is 6.42 Å². The highest BCUT2D eigenvalue weighted by molar-refractivity contribution is 6.16. The number of carbonyl (C=O) groups excluding carboxylic acids is 2. The average molecular weight is 434 g/mol. The van der Waals surface area contributed by atoms with Crippen LogP contribution in [0.15, 0.2) is 30.0 Å². The van der Waals surface area contributed by atoms with E-state index >= 15 is 0 Å². The summed E-state index contributed by atoms with van der Waals surface area (Å²) in [6.45, 7) is 8.55. The monoisotopic (exact) mass is 433 g/mol. The van der Waals surface area contributed by atoms with Crippen LogP contribution in [-0.2, 0) is 14.3 Å². The van der Waals surface area contributed by atoms with Gasteiger partial charge in [0.25, 0.3) is 0 Å². The molecule has 0 amide bonds. The molecule has 0 aliphatic carbocycles. The summed E-state index contributed by atoms with van der Waals surface area (Å²) >= 11 is 0. The van der Waals surface area contributed by atoms with E-state index in [1.165, 1.54) is 58.1 Å². The number of hydrogen-bond donors (Lipinski definition) is 1. The summed E-state index contributed by atoms with van der Waals surface area (Å²) in [5.74, 6) is 0.316. The van der Waals surface area contributed by atoms with Crippen molar-refractivity contribution in [2.75, 3.05) is 25.1 Å². The Hall–Kier alpha value is -2.50. The molecule has 1 rings (SSSR count). The molecule has 0 saturated carbocycles. The fourth-order valence-electron chi connectivity index (χ4n) is 3.07. The van der Waals surface area contributed by atoms with E-state index in [9.17, 15) is 9.59 Å². The minimum absolute atomic E-state index is 0.0326. The Morgan fingerprint density at radius 1 is 0.871 bits per heavy atom. The molecule has 174 valence electrons. The second-order valence-electron chi connectivity index (χ2n) is 7.40. The molecule has 0 spiro atoms. The van der Waals surface area contributed by atoms with E-state index in [1.54, 1.807) is 13.0 Å². The molecule has 6 heteroatoms. The molecule has 1 aromatic rings. The first-order chi connectivity index (χ1) is 15.0. The topological polar surface area (TPSA) is 73.9 Å². The number of ketones is 1. The molecule has 0 aliphatic heterocycles. The number of benzene rings is 1. The Kier molecular flexibility index (Phi) is 13.9. The molecule has 0 saturated heterocycles. The number of unbranched alkanes of at least 4 members (excludes halogenated alkanes) is 7. The standard InChI is InChI=1S/C25H39NO5/c1-5-8-9-10-11-12-13-14-17-31-23-16-15-21(18-24(23)29-6-2)26-19-22(20(4)27)25(28)30-7-3/h15-16,18-19,26H,5-14,17H2,1-4H3. The van der Waals surface area contributed by atoms with Gasteiger partial charge in [-0.2, -0.15) is 0 Å². The highest BCUT2D eigenvalue weighted by atomic mass is 16.5. The fourth-order valence-corrected chi connectivity index (χ4v) is 3.07. The summed E-state index contributed by atoms with van der Waals surface area (Å²) in [5, 5.41) is 2.98. The van der Waals surface area contributed by atoms with Gasteiger partial charge in [0.1, 0.15) is 5.57 Å².